The molecule has 1 N–H and O–H groups in total. The standard InChI is InChI=1S/C29H35N3O4S/c1-5-23(3)30-29(34)24(4)31(20-25-15-8-6-9-16-25)28(33)21-32(27-19-13-12-14-22(27)2)37(35,36)26-17-10-7-11-18-26/h6-19,23-24H,5,20-21H2,1-4H3,(H,30,34)/t23-,24+/m0/s1. The average molecular weight is 522 g/mol. The van der Waals surface area contributed by atoms with Gasteiger partial charge in [-0.05, 0) is 56.5 Å². The van der Waals surface area contributed by atoms with Crippen LogP contribution in [0.2, 0.25) is 0 Å². The highest BCUT2D eigenvalue weighted by Gasteiger charge is 2.33. The summed E-state index contributed by atoms with van der Waals surface area (Å²) in [5, 5.41) is 2.94. The molecule has 0 heterocycles. The van der Waals surface area contributed by atoms with E-state index in [1.807, 2.05) is 50.2 Å². The lowest BCUT2D eigenvalue weighted by Gasteiger charge is -2.32. The molecule has 37 heavy (non-hydrogen) atoms. The molecule has 196 valence electrons. The molecule has 0 aromatic heterocycles. The van der Waals surface area contributed by atoms with E-state index in [0.717, 1.165) is 16.3 Å². The van der Waals surface area contributed by atoms with E-state index in [1.165, 1.54) is 17.0 Å². The van der Waals surface area contributed by atoms with Gasteiger partial charge >= 0.3 is 0 Å². The van der Waals surface area contributed by atoms with Crippen LogP contribution in [0, 0.1) is 6.92 Å². The third kappa shape index (κ3) is 6.98. The normalized spacial score (nSPS) is 12.9. The Bertz CT molecular complexity index is 1300. The van der Waals surface area contributed by atoms with Crippen LogP contribution in [0.5, 0.6) is 0 Å². The van der Waals surface area contributed by atoms with Crippen LogP contribution in [-0.4, -0.2) is 43.8 Å². The lowest BCUT2D eigenvalue weighted by molar-refractivity contribution is -0.139. The van der Waals surface area contributed by atoms with Crippen LogP contribution in [0.25, 0.3) is 0 Å². The molecule has 2 amide bonds. The number of anilines is 1. The number of para-hydroxylation sites is 1. The van der Waals surface area contributed by atoms with Gasteiger partial charge in [0, 0.05) is 12.6 Å². The molecule has 2 atom stereocenters. The second-order valence-corrected chi connectivity index (χ2v) is 11.0. The van der Waals surface area contributed by atoms with Gasteiger partial charge in [0.25, 0.3) is 10.0 Å². The Morgan fingerprint density at radius 2 is 1.43 bits per heavy atom. The molecular weight excluding hydrogens is 486 g/mol. The molecule has 3 aromatic rings. The van der Waals surface area contributed by atoms with Gasteiger partial charge in [0.15, 0.2) is 0 Å². The molecule has 0 saturated carbocycles. The maximum absolute atomic E-state index is 13.9. The number of benzene rings is 3. The Balaban J connectivity index is 2.01. The number of sulfonamides is 1. The first-order valence-electron chi connectivity index (χ1n) is 12.4. The molecule has 0 aliphatic carbocycles. The van der Waals surface area contributed by atoms with E-state index in [4.69, 9.17) is 0 Å². The number of hydrogen-bond acceptors (Lipinski definition) is 4. The summed E-state index contributed by atoms with van der Waals surface area (Å²) in [4.78, 5) is 28.4. The number of aryl methyl sites for hydroxylation is 1. The molecule has 0 aliphatic rings. The maximum Gasteiger partial charge on any atom is 0.264 e. The second kappa shape index (κ2) is 12.5. The van der Waals surface area contributed by atoms with Gasteiger partial charge in [-0.15, -0.1) is 0 Å². The predicted molar refractivity (Wildman–Crippen MR) is 147 cm³/mol. The number of nitrogens with one attached hydrogen (secondary N) is 1. The first-order valence-corrected chi connectivity index (χ1v) is 13.9. The summed E-state index contributed by atoms with van der Waals surface area (Å²) >= 11 is 0. The summed E-state index contributed by atoms with van der Waals surface area (Å²) in [5.41, 5.74) is 1.97. The Morgan fingerprint density at radius 3 is 2.03 bits per heavy atom. The smallest absolute Gasteiger partial charge is 0.264 e. The number of amides is 2. The summed E-state index contributed by atoms with van der Waals surface area (Å²) in [5.74, 6) is -0.759. The van der Waals surface area contributed by atoms with E-state index in [-0.39, 0.29) is 23.4 Å². The van der Waals surface area contributed by atoms with Crippen molar-refractivity contribution in [2.75, 3.05) is 10.8 Å². The molecule has 0 fully saturated rings. The number of carbonyl (C=O) groups excluding carboxylic acids is 2. The highest BCUT2D eigenvalue weighted by atomic mass is 32.2. The number of nitrogens with zero attached hydrogens (tertiary/aromatic N) is 2. The number of rotatable bonds is 11. The number of hydrogen-bond donors (Lipinski definition) is 1. The second-order valence-electron chi connectivity index (χ2n) is 9.11. The quantitative estimate of drug-likeness (QED) is 0.402. The molecule has 0 radical (unpaired) electrons. The van der Waals surface area contributed by atoms with Gasteiger partial charge in [0.05, 0.1) is 10.6 Å². The van der Waals surface area contributed by atoms with Crippen LogP contribution < -0.4 is 9.62 Å². The fourth-order valence-electron chi connectivity index (χ4n) is 3.90. The SMILES string of the molecule is CC[C@H](C)NC(=O)[C@@H](C)N(Cc1ccccc1)C(=O)CN(c1ccccc1C)S(=O)(=O)c1ccccc1. The molecule has 7 nitrogen and oxygen atoms in total. The third-order valence-electron chi connectivity index (χ3n) is 6.36. The van der Waals surface area contributed by atoms with Crippen LogP contribution in [-0.2, 0) is 26.2 Å². The van der Waals surface area contributed by atoms with E-state index in [0.29, 0.717) is 11.3 Å². The fourth-order valence-corrected chi connectivity index (χ4v) is 5.40. The monoisotopic (exact) mass is 521 g/mol. The van der Waals surface area contributed by atoms with Gasteiger partial charge in [-0.1, -0.05) is 73.7 Å². The van der Waals surface area contributed by atoms with Gasteiger partial charge < -0.3 is 10.2 Å². The fraction of sp³-hybridized carbons (Fsp3) is 0.310. The average Bonchev–Trinajstić information content (AvgIpc) is 2.91. The van der Waals surface area contributed by atoms with E-state index >= 15 is 0 Å². The zero-order valence-corrected chi connectivity index (χ0v) is 22.6. The van der Waals surface area contributed by atoms with Crippen LogP contribution in [0.15, 0.2) is 89.8 Å². The van der Waals surface area contributed by atoms with Crippen molar-refractivity contribution in [3.8, 4) is 0 Å². The Morgan fingerprint density at radius 1 is 0.865 bits per heavy atom. The van der Waals surface area contributed by atoms with Crippen molar-refractivity contribution in [2.45, 2.75) is 57.6 Å². The Labute approximate surface area is 220 Å². The van der Waals surface area contributed by atoms with Gasteiger partial charge in [-0.3, -0.25) is 13.9 Å². The zero-order valence-electron chi connectivity index (χ0n) is 21.8. The van der Waals surface area contributed by atoms with Gasteiger partial charge in [0.2, 0.25) is 11.8 Å². The summed E-state index contributed by atoms with van der Waals surface area (Å²) < 4.78 is 28.7. The van der Waals surface area contributed by atoms with E-state index in [9.17, 15) is 18.0 Å². The largest absolute Gasteiger partial charge is 0.352 e. The molecule has 8 heteroatoms. The third-order valence-corrected chi connectivity index (χ3v) is 8.13. The first kappa shape index (κ1) is 27.9. The topological polar surface area (TPSA) is 86.8 Å². The molecule has 0 unspecified atom stereocenters. The van der Waals surface area contributed by atoms with Crippen LogP contribution in [0.3, 0.4) is 0 Å². The summed E-state index contributed by atoms with van der Waals surface area (Å²) in [7, 11) is -4.06. The minimum Gasteiger partial charge on any atom is -0.352 e. The van der Waals surface area contributed by atoms with Crippen molar-refractivity contribution in [1.82, 2.24) is 10.2 Å². The Hall–Kier alpha value is -3.65. The van der Waals surface area contributed by atoms with Crippen molar-refractivity contribution in [2.24, 2.45) is 0 Å². The molecule has 3 aromatic carbocycles. The zero-order chi connectivity index (χ0) is 27.0. The highest BCUT2D eigenvalue weighted by Crippen LogP contribution is 2.27. The van der Waals surface area contributed by atoms with E-state index in [1.54, 1.807) is 50.2 Å². The van der Waals surface area contributed by atoms with Gasteiger partial charge in [-0.2, -0.15) is 0 Å². The van der Waals surface area contributed by atoms with Crippen LogP contribution in [0.1, 0.15) is 38.3 Å². The Kier molecular flexibility index (Phi) is 9.47. The number of carbonyl (C=O) groups is 2. The minimum absolute atomic E-state index is 0.0504. The summed E-state index contributed by atoms with van der Waals surface area (Å²) in [6.45, 7) is 7.06. The molecule has 3 rings (SSSR count). The maximum atomic E-state index is 13.9. The lowest BCUT2D eigenvalue weighted by Crippen LogP contribution is -2.52. The highest BCUT2D eigenvalue weighted by molar-refractivity contribution is 7.92. The minimum atomic E-state index is -4.06. The van der Waals surface area contributed by atoms with Crippen molar-refractivity contribution in [3.05, 3.63) is 96.1 Å². The summed E-state index contributed by atoms with van der Waals surface area (Å²) in [6, 6.07) is 23.6. The predicted octanol–water partition coefficient (Wildman–Crippen LogP) is 4.52. The molecule has 0 saturated heterocycles. The molecular formula is C29H35N3O4S. The van der Waals surface area contributed by atoms with E-state index < -0.39 is 28.5 Å². The van der Waals surface area contributed by atoms with Crippen molar-refractivity contribution < 1.29 is 18.0 Å². The van der Waals surface area contributed by atoms with Gasteiger partial charge in [0.1, 0.15) is 12.6 Å². The van der Waals surface area contributed by atoms with Gasteiger partial charge in [-0.25, -0.2) is 8.42 Å². The van der Waals surface area contributed by atoms with Crippen molar-refractivity contribution in [3.63, 3.8) is 0 Å². The molecule has 0 bridgehead atoms. The van der Waals surface area contributed by atoms with Crippen LogP contribution in [0.4, 0.5) is 5.69 Å². The van der Waals surface area contributed by atoms with Crippen LogP contribution >= 0.6 is 0 Å². The molecule has 0 spiro atoms. The lowest BCUT2D eigenvalue weighted by atomic mass is 10.1. The molecule has 0 aliphatic heterocycles. The van der Waals surface area contributed by atoms with Crippen molar-refractivity contribution >= 4 is 27.5 Å². The van der Waals surface area contributed by atoms with Crippen molar-refractivity contribution in [1.29, 1.82) is 0 Å². The first-order chi connectivity index (χ1) is 17.6. The summed E-state index contributed by atoms with van der Waals surface area (Å²) in [6.07, 6.45) is 0.751. The van der Waals surface area contributed by atoms with E-state index in [2.05, 4.69) is 5.32 Å².